The van der Waals surface area contributed by atoms with Gasteiger partial charge in [-0.25, -0.2) is 0 Å². The molecule has 0 saturated heterocycles. The zero-order valence-electron chi connectivity index (χ0n) is 11.5. The number of allylic oxidation sites excluding steroid dienone is 1. The van der Waals surface area contributed by atoms with E-state index in [1.54, 1.807) is 18.2 Å². The lowest BCUT2D eigenvalue weighted by molar-refractivity contribution is 0.101. The number of fused-ring (bicyclic) bond motifs is 1. The van der Waals surface area contributed by atoms with Crippen molar-refractivity contribution in [2.24, 2.45) is 0 Å². The molecule has 0 aromatic heterocycles. The first-order valence-electron chi connectivity index (χ1n) is 6.38. The number of phenols is 3. The van der Waals surface area contributed by atoms with Gasteiger partial charge in [0.1, 0.15) is 0 Å². The fourth-order valence-corrected chi connectivity index (χ4v) is 2.19. The van der Waals surface area contributed by atoms with Crippen molar-refractivity contribution < 1.29 is 29.6 Å². The Kier molecular flexibility index (Phi) is 3.14. The maximum Gasteiger partial charge on any atom is 0.232 e. The zero-order valence-corrected chi connectivity index (χ0v) is 11.5. The number of hydrogen-bond donors (Lipinski definition) is 3. The number of aromatic hydroxyl groups is 3. The van der Waals surface area contributed by atoms with Crippen LogP contribution in [0, 0.1) is 0 Å². The lowest BCUT2D eigenvalue weighted by Crippen LogP contribution is -1.98. The second-order valence-electron chi connectivity index (χ2n) is 4.65. The minimum absolute atomic E-state index is 0.0700. The topological polar surface area (TPSA) is 96.2 Å². The Morgan fingerprint density at radius 1 is 1.09 bits per heavy atom. The van der Waals surface area contributed by atoms with Gasteiger partial charge in [0.05, 0.1) is 12.7 Å². The molecule has 0 unspecified atom stereocenters. The van der Waals surface area contributed by atoms with Crippen LogP contribution >= 0.6 is 0 Å². The molecule has 0 amide bonds. The third-order valence-corrected chi connectivity index (χ3v) is 3.33. The molecule has 0 saturated carbocycles. The van der Waals surface area contributed by atoms with Crippen LogP contribution in [0.2, 0.25) is 0 Å². The van der Waals surface area contributed by atoms with Gasteiger partial charge in [-0.3, -0.25) is 4.79 Å². The van der Waals surface area contributed by atoms with Gasteiger partial charge in [-0.1, -0.05) is 12.1 Å². The van der Waals surface area contributed by atoms with E-state index in [-0.39, 0.29) is 34.3 Å². The number of rotatable bonds is 2. The van der Waals surface area contributed by atoms with Gasteiger partial charge in [0.2, 0.25) is 11.5 Å². The SMILES string of the molecule is COc1cccc(/C=C2\Oc3c(ccc(O)c3O)C2=O)c1O. The van der Waals surface area contributed by atoms with Crippen LogP contribution < -0.4 is 9.47 Å². The van der Waals surface area contributed by atoms with E-state index in [1.807, 2.05) is 0 Å². The molecule has 0 radical (unpaired) electrons. The van der Waals surface area contributed by atoms with Crippen molar-refractivity contribution in [1.29, 1.82) is 0 Å². The molecule has 0 atom stereocenters. The summed E-state index contributed by atoms with van der Waals surface area (Å²) in [6.07, 6.45) is 1.34. The lowest BCUT2D eigenvalue weighted by Gasteiger charge is -2.06. The van der Waals surface area contributed by atoms with Gasteiger partial charge in [-0.2, -0.15) is 0 Å². The van der Waals surface area contributed by atoms with Crippen molar-refractivity contribution in [3.63, 3.8) is 0 Å². The number of carbonyl (C=O) groups excluding carboxylic acids is 1. The molecule has 6 heteroatoms. The molecule has 1 heterocycles. The number of ether oxygens (including phenoxy) is 2. The number of phenolic OH excluding ortho intramolecular Hbond substituents is 3. The molecule has 22 heavy (non-hydrogen) atoms. The fourth-order valence-electron chi connectivity index (χ4n) is 2.19. The summed E-state index contributed by atoms with van der Waals surface area (Å²) in [5.41, 5.74) is 0.475. The van der Waals surface area contributed by atoms with Crippen molar-refractivity contribution in [2.45, 2.75) is 0 Å². The fraction of sp³-hybridized carbons (Fsp3) is 0.0625. The smallest absolute Gasteiger partial charge is 0.232 e. The molecule has 0 spiro atoms. The summed E-state index contributed by atoms with van der Waals surface area (Å²) < 4.78 is 10.3. The molecular formula is C16H12O6. The number of methoxy groups -OCH3 is 1. The maximum atomic E-state index is 12.2. The van der Waals surface area contributed by atoms with E-state index in [4.69, 9.17) is 9.47 Å². The summed E-state index contributed by atoms with van der Waals surface area (Å²) in [5, 5.41) is 29.2. The Bertz CT molecular complexity index is 807. The predicted molar refractivity (Wildman–Crippen MR) is 77.4 cm³/mol. The summed E-state index contributed by atoms with van der Waals surface area (Å²) in [6.45, 7) is 0. The van der Waals surface area contributed by atoms with Crippen LogP contribution in [-0.4, -0.2) is 28.2 Å². The van der Waals surface area contributed by atoms with Crippen molar-refractivity contribution in [3.05, 3.63) is 47.2 Å². The molecule has 2 aromatic rings. The second kappa shape index (κ2) is 5.00. The molecule has 3 N–H and O–H groups in total. The van der Waals surface area contributed by atoms with Gasteiger partial charge < -0.3 is 24.8 Å². The van der Waals surface area contributed by atoms with Crippen molar-refractivity contribution in [2.75, 3.05) is 7.11 Å². The van der Waals surface area contributed by atoms with Crippen molar-refractivity contribution in [1.82, 2.24) is 0 Å². The Morgan fingerprint density at radius 2 is 1.86 bits per heavy atom. The molecule has 0 bridgehead atoms. The number of Topliss-reactive ketones (excluding diaryl/α,β-unsaturated/α-hetero) is 1. The predicted octanol–water partition coefficient (Wildman–Crippen LogP) is 2.43. The summed E-state index contributed by atoms with van der Waals surface area (Å²) in [6, 6.07) is 7.39. The molecule has 0 fully saturated rings. The quantitative estimate of drug-likeness (QED) is 0.582. The Morgan fingerprint density at radius 3 is 2.59 bits per heavy atom. The summed E-state index contributed by atoms with van der Waals surface area (Å²) in [7, 11) is 1.42. The van der Waals surface area contributed by atoms with E-state index in [0.29, 0.717) is 5.56 Å². The Hall–Kier alpha value is -3.15. The molecule has 0 aliphatic carbocycles. The molecule has 112 valence electrons. The van der Waals surface area contributed by atoms with Crippen LogP contribution in [0.4, 0.5) is 0 Å². The highest BCUT2D eigenvalue weighted by Gasteiger charge is 2.31. The number of hydrogen-bond acceptors (Lipinski definition) is 6. The van der Waals surface area contributed by atoms with Crippen LogP contribution in [-0.2, 0) is 0 Å². The van der Waals surface area contributed by atoms with Gasteiger partial charge in [-0.05, 0) is 24.3 Å². The average molecular weight is 300 g/mol. The highest BCUT2D eigenvalue weighted by molar-refractivity contribution is 6.15. The van der Waals surface area contributed by atoms with E-state index >= 15 is 0 Å². The van der Waals surface area contributed by atoms with Gasteiger partial charge in [0, 0.05) is 5.56 Å². The normalized spacial score (nSPS) is 14.8. The summed E-state index contributed by atoms with van der Waals surface area (Å²) in [5.74, 6) is -1.36. The van der Waals surface area contributed by atoms with Crippen LogP contribution in [0.5, 0.6) is 28.7 Å². The number of para-hydroxylation sites is 1. The van der Waals surface area contributed by atoms with Crippen LogP contribution in [0.15, 0.2) is 36.1 Å². The average Bonchev–Trinajstić information content (AvgIpc) is 2.82. The Labute approximate surface area is 125 Å². The highest BCUT2D eigenvalue weighted by atomic mass is 16.5. The first kappa shape index (κ1) is 13.8. The Balaban J connectivity index is 2.05. The number of carbonyl (C=O) groups is 1. The molecule has 6 nitrogen and oxygen atoms in total. The van der Waals surface area contributed by atoms with Crippen molar-refractivity contribution in [3.8, 4) is 28.7 Å². The molecule has 1 aliphatic rings. The van der Waals surface area contributed by atoms with E-state index in [0.717, 1.165) is 0 Å². The van der Waals surface area contributed by atoms with Gasteiger partial charge in [-0.15, -0.1) is 0 Å². The molecule has 3 rings (SSSR count). The largest absolute Gasteiger partial charge is 0.504 e. The van der Waals surface area contributed by atoms with Crippen LogP contribution in [0.25, 0.3) is 6.08 Å². The number of ketones is 1. The molecule has 2 aromatic carbocycles. The third-order valence-electron chi connectivity index (χ3n) is 3.33. The standard InChI is InChI=1S/C16H12O6/c1-21-11-4-2-3-8(13(11)18)7-12-14(19)9-5-6-10(17)15(20)16(9)22-12/h2-7,17-18,20H,1H3/b12-7-. The minimum atomic E-state index is -0.496. The summed E-state index contributed by atoms with van der Waals surface area (Å²) in [4.78, 5) is 12.2. The maximum absolute atomic E-state index is 12.2. The van der Waals surface area contributed by atoms with Gasteiger partial charge >= 0.3 is 0 Å². The summed E-state index contributed by atoms with van der Waals surface area (Å²) >= 11 is 0. The van der Waals surface area contributed by atoms with Gasteiger partial charge in [0.15, 0.2) is 28.8 Å². The van der Waals surface area contributed by atoms with Gasteiger partial charge in [0.25, 0.3) is 0 Å². The number of benzene rings is 2. The first-order chi connectivity index (χ1) is 10.5. The molecule has 1 aliphatic heterocycles. The van der Waals surface area contributed by atoms with E-state index in [9.17, 15) is 20.1 Å². The third kappa shape index (κ3) is 2.01. The van der Waals surface area contributed by atoms with Crippen molar-refractivity contribution >= 4 is 11.9 Å². The minimum Gasteiger partial charge on any atom is -0.504 e. The first-order valence-corrected chi connectivity index (χ1v) is 6.38. The van der Waals surface area contributed by atoms with Crippen LogP contribution in [0.1, 0.15) is 15.9 Å². The second-order valence-corrected chi connectivity index (χ2v) is 4.65. The monoisotopic (exact) mass is 300 g/mol. The van der Waals surface area contributed by atoms with Crippen LogP contribution in [0.3, 0.4) is 0 Å². The lowest BCUT2D eigenvalue weighted by atomic mass is 10.1. The zero-order chi connectivity index (χ0) is 15.9. The van der Waals surface area contributed by atoms with E-state index in [2.05, 4.69) is 0 Å². The highest BCUT2D eigenvalue weighted by Crippen LogP contribution is 2.44. The van der Waals surface area contributed by atoms with E-state index in [1.165, 1.54) is 25.3 Å². The van der Waals surface area contributed by atoms with E-state index < -0.39 is 11.5 Å². The molecular weight excluding hydrogens is 288 g/mol.